The zero-order valence-corrected chi connectivity index (χ0v) is 15.2. The normalized spacial score (nSPS) is 14.3. The quantitative estimate of drug-likeness (QED) is 0.347. The van der Waals surface area contributed by atoms with E-state index in [1.54, 1.807) is 10.4 Å². The number of fused-ring (bicyclic) bond motifs is 7. The van der Waals surface area contributed by atoms with Gasteiger partial charge >= 0.3 is 0 Å². The van der Waals surface area contributed by atoms with Crippen LogP contribution in [0, 0.1) is 0 Å². The van der Waals surface area contributed by atoms with Gasteiger partial charge in [-0.2, -0.15) is 0 Å². The summed E-state index contributed by atoms with van der Waals surface area (Å²) in [6.45, 7) is 0. The van der Waals surface area contributed by atoms with E-state index in [1.807, 2.05) is 23.7 Å². The number of aryl methyl sites for hydroxylation is 2. The van der Waals surface area contributed by atoms with Crippen LogP contribution < -0.4 is 0 Å². The fourth-order valence-electron chi connectivity index (χ4n) is 4.51. The molecule has 3 aromatic heterocycles. The van der Waals surface area contributed by atoms with Gasteiger partial charge in [-0.1, -0.05) is 30.3 Å². The van der Waals surface area contributed by atoms with E-state index in [9.17, 15) is 0 Å². The summed E-state index contributed by atoms with van der Waals surface area (Å²) >= 11 is 2.01. The molecule has 0 unspecified atom stereocenters. The lowest BCUT2D eigenvalue weighted by molar-refractivity contribution is 0.700. The molecule has 0 atom stereocenters. The molecule has 3 heterocycles. The van der Waals surface area contributed by atoms with Crippen molar-refractivity contribution >= 4 is 43.2 Å². The third kappa shape index (κ3) is 1.89. The van der Waals surface area contributed by atoms with Gasteiger partial charge in [0, 0.05) is 33.7 Å². The molecular weight excluding hydrogens is 336 g/mol. The minimum atomic E-state index is 1.22. The summed E-state index contributed by atoms with van der Waals surface area (Å²) in [5, 5.41) is 4.01. The van der Waals surface area contributed by atoms with Crippen LogP contribution in [0.4, 0.5) is 0 Å². The highest BCUT2D eigenvalue weighted by atomic mass is 32.1. The SMILES string of the molecule is c1ccc(-n2c3ccncc3c3ccc4c5c(sc4c32)CCCC5)cc1. The molecule has 0 spiro atoms. The Hall–Kier alpha value is -2.65. The van der Waals surface area contributed by atoms with Crippen LogP contribution in [0.5, 0.6) is 0 Å². The van der Waals surface area contributed by atoms with Crippen molar-refractivity contribution in [2.75, 3.05) is 0 Å². The number of nitrogens with zero attached hydrogens (tertiary/aromatic N) is 2. The first kappa shape index (κ1) is 14.5. The number of para-hydroxylation sites is 1. The van der Waals surface area contributed by atoms with E-state index in [2.05, 4.69) is 58.1 Å². The number of rotatable bonds is 1. The number of benzene rings is 2. The lowest BCUT2D eigenvalue weighted by Gasteiger charge is -2.10. The van der Waals surface area contributed by atoms with Gasteiger partial charge in [0.2, 0.25) is 0 Å². The van der Waals surface area contributed by atoms with E-state index in [0.717, 1.165) is 0 Å². The summed E-state index contributed by atoms with van der Waals surface area (Å²) in [5.74, 6) is 0. The van der Waals surface area contributed by atoms with Gasteiger partial charge in [0.25, 0.3) is 0 Å². The minimum absolute atomic E-state index is 1.22. The van der Waals surface area contributed by atoms with Crippen molar-refractivity contribution in [3.8, 4) is 5.69 Å². The molecule has 0 saturated heterocycles. The Balaban J connectivity index is 1.85. The Morgan fingerprint density at radius 3 is 2.62 bits per heavy atom. The molecule has 0 saturated carbocycles. The predicted molar refractivity (Wildman–Crippen MR) is 111 cm³/mol. The molecule has 3 heteroatoms. The smallest absolute Gasteiger partial charge is 0.0720 e. The number of aromatic nitrogens is 2. The molecule has 126 valence electrons. The molecule has 0 aliphatic heterocycles. The van der Waals surface area contributed by atoms with E-state index in [1.165, 1.54) is 63.3 Å². The lowest BCUT2D eigenvalue weighted by atomic mass is 9.96. The van der Waals surface area contributed by atoms with Crippen molar-refractivity contribution in [3.05, 3.63) is 71.4 Å². The average molecular weight is 354 g/mol. The van der Waals surface area contributed by atoms with Crippen LogP contribution in [0.2, 0.25) is 0 Å². The summed E-state index contributed by atoms with van der Waals surface area (Å²) in [6.07, 6.45) is 9.03. The Morgan fingerprint density at radius 1 is 0.846 bits per heavy atom. The fourth-order valence-corrected chi connectivity index (χ4v) is 5.93. The Morgan fingerprint density at radius 2 is 1.69 bits per heavy atom. The molecule has 26 heavy (non-hydrogen) atoms. The van der Waals surface area contributed by atoms with Gasteiger partial charge in [0.15, 0.2) is 0 Å². The molecule has 2 nitrogen and oxygen atoms in total. The summed E-state index contributed by atoms with van der Waals surface area (Å²) in [5.41, 5.74) is 5.40. The molecule has 1 aliphatic rings. The molecule has 0 N–H and O–H groups in total. The average Bonchev–Trinajstić information content (AvgIpc) is 3.24. The van der Waals surface area contributed by atoms with Crippen molar-refractivity contribution in [1.29, 1.82) is 0 Å². The Labute approximate surface area is 155 Å². The third-order valence-electron chi connectivity index (χ3n) is 5.67. The summed E-state index contributed by atoms with van der Waals surface area (Å²) in [4.78, 5) is 6.00. The van der Waals surface area contributed by atoms with Crippen molar-refractivity contribution < 1.29 is 0 Å². The van der Waals surface area contributed by atoms with Gasteiger partial charge in [-0.05, 0) is 54.8 Å². The van der Waals surface area contributed by atoms with Crippen LogP contribution in [0.1, 0.15) is 23.3 Å². The van der Waals surface area contributed by atoms with Crippen LogP contribution in [0.25, 0.3) is 37.6 Å². The van der Waals surface area contributed by atoms with Crippen molar-refractivity contribution in [1.82, 2.24) is 9.55 Å². The van der Waals surface area contributed by atoms with Gasteiger partial charge in [-0.25, -0.2) is 0 Å². The maximum absolute atomic E-state index is 4.41. The third-order valence-corrected chi connectivity index (χ3v) is 6.98. The Kier molecular flexibility index (Phi) is 3.03. The molecule has 0 fully saturated rings. The standard InChI is InChI=1S/C23H18N2S/c1-2-6-15(7-3-1)25-20-12-13-24-14-19(20)17-10-11-18-16-8-4-5-9-21(16)26-23(18)22(17)25/h1-3,6-7,10-14H,4-5,8-9H2. The van der Waals surface area contributed by atoms with Crippen molar-refractivity contribution in [3.63, 3.8) is 0 Å². The first-order valence-electron chi connectivity index (χ1n) is 9.28. The van der Waals surface area contributed by atoms with Crippen LogP contribution >= 0.6 is 11.3 Å². The molecular formula is C23H18N2S. The second kappa shape index (κ2) is 5.42. The van der Waals surface area contributed by atoms with E-state index >= 15 is 0 Å². The number of thiophene rings is 1. The van der Waals surface area contributed by atoms with Crippen molar-refractivity contribution in [2.24, 2.45) is 0 Å². The van der Waals surface area contributed by atoms with E-state index in [0.29, 0.717) is 0 Å². The van der Waals surface area contributed by atoms with Crippen LogP contribution in [0.15, 0.2) is 60.9 Å². The number of hydrogen-bond acceptors (Lipinski definition) is 2. The highest BCUT2D eigenvalue weighted by Gasteiger charge is 2.21. The minimum Gasteiger partial charge on any atom is -0.308 e. The molecule has 5 aromatic rings. The summed E-state index contributed by atoms with van der Waals surface area (Å²) in [7, 11) is 0. The fraction of sp³-hybridized carbons (Fsp3) is 0.174. The maximum Gasteiger partial charge on any atom is 0.0720 e. The second-order valence-corrected chi connectivity index (χ2v) is 8.22. The van der Waals surface area contributed by atoms with Crippen LogP contribution in [-0.4, -0.2) is 9.55 Å². The summed E-state index contributed by atoms with van der Waals surface area (Å²) < 4.78 is 3.87. The van der Waals surface area contributed by atoms with E-state index in [4.69, 9.17) is 0 Å². The van der Waals surface area contributed by atoms with Gasteiger partial charge in [-0.3, -0.25) is 4.98 Å². The molecule has 0 bridgehead atoms. The van der Waals surface area contributed by atoms with Crippen LogP contribution in [0.3, 0.4) is 0 Å². The monoisotopic (exact) mass is 354 g/mol. The number of hydrogen-bond donors (Lipinski definition) is 0. The first-order valence-corrected chi connectivity index (χ1v) is 10.1. The van der Waals surface area contributed by atoms with Gasteiger partial charge < -0.3 is 4.57 Å². The van der Waals surface area contributed by atoms with Crippen molar-refractivity contribution in [2.45, 2.75) is 25.7 Å². The van der Waals surface area contributed by atoms with Gasteiger partial charge in [0.05, 0.1) is 15.7 Å². The molecule has 0 amide bonds. The zero-order valence-electron chi connectivity index (χ0n) is 14.4. The molecule has 6 rings (SSSR count). The summed E-state index contributed by atoms with van der Waals surface area (Å²) in [6, 6.07) is 17.5. The zero-order chi connectivity index (χ0) is 17.1. The second-order valence-electron chi connectivity index (χ2n) is 7.11. The first-order chi connectivity index (χ1) is 12.9. The van der Waals surface area contributed by atoms with Gasteiger partial charge in [-0.15, -0.1) is 11.3 Å². The number of pyridine rings is 1. The highest BCUT2D eigenvalue weighted by Crippen LogP contribution is 2.43. The largest absolute Gasteiger partial charge is 0.308 e. The van der Waals surface area contributed by atoms with E-state index in [-0.39, 0.29) is 0 Å². The molecule has 1 aliphatic carbocycles. The Bertz CT molecular complexity index is 1280. The highest BCUT2D eigenvalue weighted by molar-refractivity contribution is 7.20. The van der Waals surface area contributed by atoms with Gasteiger partial charge in [0.1, 0.15) is 0 Å². The molecule has 2 aromatic carbocycles. The van der Waals surface area contributed by atoms with E-state index < -0.39 is 0 Å². The molecule has 0 radical (unpaired) electrons. The predicted octanol–water partition coefficient (Wildman–Crippen LogP) is 6.27. The maximum atomic E-state index is 4.41. The van der Waals surface area contributed by atoms with Crippen LogP contribution in [-0.2, 0) is 12.8 Å². The topological polar surface area (TPSA) is 17.8 Å². The lowest BCUT2D eigenvalue weighted by Crippen LogP contribution is -1.97.